The zero-order chi connectivity index (χ0) is 18.1. The molecule has 0 bridgehead atoms. The van der Waals surface area contributed by atoms with Gasteiger partial charge in [-0.3, -0.25) is 5.41 Å². The van der Waals surface area contributed by atoms with Crippen LogP contribution in [0, 0.1) is 5.41 Å². The van der Waals surface area contributed by atoms with E-state index in [1.165, 1.54) is 4.57 Å². The van der Waals surface area contributed by atoms with Gasteiger partial charge in [-0.2, -0.15) is 0 Å². The first-order valence-electron chi connectivity index (χ1n) is 7.41. The van der Waals surface area contributed by atoms with Gasteiger partial charge in [-0.05, 0) is 17.7 Å². The van der Waals surface area contributed by atoms with E-state index in [9.17, 15) is 19.8 Å². The summed E-state index contributed by atoms with van der Waals surface area (Å²) in [6.45, 7) is 0.149. The molecular weight excluding hydrogens is 322 g/mol. The molecule has 0 atom stereocenters. The van der Waals surface area contributed by atoms with E-state index in [4.69, 9.17) is 11.1 Å². The Bertz CT molecular complexity index is 1020. The van der Waals surface area contributed by atoms with E-state index < -0.39 is 11.9 Å². The van der Waals surface area contributed by atoms with Crippen molar-refractivity contribution in [2.75, 3.05) is 0 Å². The molecule has 1 aromatic heterocycles. The molecule has 0 saturated carbocycles. The molecule has 0 saturated heterocycles. The monoisotopic (exact) mass is 337 g/mol. The van der Waals surface area contributed by atoms with Crippen LogP contribution in [0.3, 0.4) is 0 Å². The third-order valence-corrected chi connectivity index (χ3v) is 3.97. The molecule has 25 heavy (non-hydrogen) atoms. The first-order valence-corrected chi connectivity index (χ1v) is 7.41. The molecular formula is C18H15N3O4. The third-order valence-electron chi connectivity index (χ3n) is 3.97. The molecule has 0 spiro atoms. The van der Waals surface area contributed by atoms with Crippen LogP contribution in [0.25, 0.3) is 10.9 Å². The average molecular weight is 337 g/mol. The minimum Gasteiger partial charge on any atom is -0.478 e. The number of fused-ring (bicyclic) bond motifs is 1. The number of rotatable bonds is 5. The fraction of sp³-hybridized carbons (Fsp3) is 0.0556. The van der Waals surface area contributed by atoms with E-state index in [-0.39, 0.29) is 23.6 Å². The Kier molecular flexibility index (Phi) is 3.98. The van der Waals surface area contributed by atoms with E-state index in [0.29, 0.717) is 22.0 Å². The highest BCUT2D eigenvalue weighted by atomic mass is 16.4. The smallest absolute Gasteiger partial charge is 0.353 e. The SMILES string of the molecule is N=C(N)c1cccc(Cn2c(C(=O)O)c(C(=O)O)c3ccccc32)c1. The average Bonchev–Trinajstić information content (AvgIpc) is 2.90. The molecule has 3 rings (SSSR count). The van der Waals surface area contributed by atoms with Crippen molar-refractivity contribution in [2.45, 2.75) is 6.54 Å². The van der Waals surface area contributed by atoms with Gasteiger partial charge in [-0.25, -0.2) is 9.59 Å². The van der Waals surface area contributed by atoms with Gasteiger partial charge in [0.05, 0.1) is 5.56 Å². The normalized spacial score (nSPS) is 10.7. The number of carboxylic acid groups (broad SMARTS) is 2. The molecule has 1 heterocycles. The van der Waals surface area contributed by atoms with E-state index >= 15 is 0 Å². The Morgan fingerprint density at radius 3 is 2.40 bits per heavy atom. The van der Waals surface area contributed by atoms with Gasteiger partial charge in [0.2, 0.25) is 0 Å². The van der Waals surface area contributed by atoms with Gasteiger partial charge in [0.15, 0.2) is 0 Å². The molecule has 3 aromatic rings. The van der Waals surface area contributed by atoms with Gasteiger partial charge >= 0.3 is 11.9 Å². The number of aromatic carboxylic acids is 2. The van der Waals surface area contributed by atoms with Crippen molar-refractivity contribution in [3.63, 3.8) is 0 Å². The Balaban J connectivity index is 2.24. The number of nitrogens with two attached hydrogens (primary N) is 1. The quantitative estimate of drug-likeness (QED) is 0.419. The van der Waals surface area contributed by atoms with E-state index in [2.05, 4.69) is 0 Å². The number of nitrogens with zero attached hydrogens (tertiary/aromatic N) is 1. The Hall–Kier alpha value is -3.61. The molecule has 0 fully saturated rings. The lowest BCUT2D eigenvalue weighted by Crippen LogP contribution is -2.15. The van der Waals surface area contributed by atoms with Crippen molar-refractivity contribution in [2.24, 2.45) is 5.73 Å². The van der Waals surface area contributed by atoms with Crippen LogP contribution in [0.4, 0.5) is 0 Å². The predicted octanol–water partition coefficient (Wildman–Crippen LogP) is 2.37. The van der Waals surface area contributed by atoms with Gasteiger partial charge in [0, 0.05) is 23.0 Å². The predicted molar refractivity (Wildman–Crippen MR) is 92.4 cm³/mol. The maximum Gasteiger partial charge on any atom is 0.353 e. The molecule has 0 aliphatic carbocycles. The van der Waals surface area contributed by atoms with Crippen molar-refractivity contribution in [3.05, 3.63) is 70.9 Å². The van der Waals surface area contributed by atoms with E-state index in [1.807, 2.05) is 0 Å². The maximum absolute atomic E-state index is 11.7. The van der Waals surface area contributed by atoms with Gasteiger partial charge in [0.1, 0.15) is 11.5 Å². The number of carbonyl (C=O) groups is 2. The molecule has 7 heteroatoms. The molecule has 0 aliphatic rings. The van der Waals surface area contributed by atoms with Gasteiger partial charge in [-0.1, -0.05) is 36.4 Å². The minimum atomic E-state index is -1.31. The number of carboxylic acids is 2. The van der Waals surface area contributed by atoms with Crippen molar-refractivity contribution in [1.29, 1.82) is 5.41 Å². The standard InChI is InChI=1S/C18H15N3O4/c19-16(20)11-5-3-4-10(8-11)9-21-13-7-2-1-6-12(13)14(17(22)23)15(21)18(24)25/h1-8H,9H2,(H3,19,20)(H,22,23)(H,24,25). The summed E-state index contributed by atoms with van der Waals surface area (Å²) in [5.74, 6) is -2.69. The van der Waals surface area contributed by atoms with E-state index in [0.717, 1.165) is 0 Å². The second-order valence-corrected chi connectivity index (χ2v) is 5.55. The molecule has 126 valence electrons. The minimum absolute atomic E-state index is 0.0936. The van der Waals surface area contributed by atoms with Crippen LogP contribution in [-0.2, 0) is 6.54 Å². The summed E-state index contributed by atoms with van der Waals surface area (Å²) in [6, 6.07) is 13.5. The highest BCUT2D eigenvalue weighted by Gasteiger charge is 2.26. The number of hydrogen-bond donors (Lipinski definition) is 4. The highest BCUT2D eigenvalue weighted by molar-refractivity contribution is 6.12. The summed E-state index contributed by atoms with van der Waals surface area (Å²) in [4.78, 5) is 23.4. The van der Waals surface area contributed by atoms with Crippen LogP contribution in [0.5, 0.6) is 0 Å². The molecule has 2 aromatic carbocycles. The topological polar surface area (TPSA) is 129 Å². The summed E-state index contributed by atoms with van der Waals surface area (Å²) in [6.07, 6.45) is 0. The second kappa shape index (κ2) is 6.12. The van der Waals surface area contributed by atoms with Crippen LogP contribution in [0.15, 0.2) is 48.5 Å². The van der Waals surface area contributed by atoms with Crippen LogP contribution < -0.4 is 5.73 Å². The van der Waals surface area contributed by atoms with Gasteiger partial charge < -0.3 is 20.5 Å². The van der Waals surface area contributed by atoms with Crippen LogP contribution in [-0.4, -0.2) is 32.6 Å². The van der Waals surface area contributed by atoms with Crippen molar-refractivity contribution < 1.29 is 19.8 Å². The molecule has 7 nitrogen and oxygen atoms in total. The van der Waals surface area contributed by atoms with Crippen molar-refractivity contribution in [1.82, 2.24) is 4.57 Å². The fourth-order valence-electron chi connectivity index (χ4n) is 2.93. The van der Waals surface area contributed by atoms with Crippen LogP contribution in [0.2, 0.25) is 0 Å². The fourth-order valence-corrected chi connectivity index (χ4v) is 2.93. The number of para-hydroxylation sites is 1. The molecule has 0 radical (unpaired) electrons. The zero-order valence-corrected chi connectivity index (χ0v) is 13.1. The molecule has 0 aliphatic heterocycles. The lowest BCUT2D eigenvalue weighted by atomic mass is 10.1. The second-order valence-electron chi connectivity index (χ2n) is 5.55. The first-order chi connectivity index (χ1) is 11.9. The molecule has 5 N–H and O–H groups in total. The Labute approximate surface area is 142 Å². The zero-order valence-electron chi connectivity index (χ0n) is 13.1. The first kappa shape index (κ1) is 16.3. The van der Waals surface area contributed by atoms with Crippen LogP contribution in [0.1, 0.15) is 32.0 Å². The van der Waals surface area contributed by atoms with Gasteiger partial charge in [-0.15, -0.1) is 0 Å². The number of aromatic nitrogens is 1. The number of benzene rings is 2. The summed E-state index contributed by atoms with van der Waals surface area (Å²) < 4.78 is 1.46. The van der Waals surface area contributed by atoms with Crippen LogP contribution >= 0.6 is 0 Å². The third kappa shape index (κ3) is 2.83. The lowest BCUT2D eigenvalue weighted by Gasteiger charge is -2.10. The molecule has 0 amide bonds. The summed E-state index contributed by atoms with van der Waals surface area (Å²) in [7, 11) is 0. The summed E-state index contributed by atoms with van der Waals surface area (Å²) in [5, 5.41) is 26.9. The maximum atomic E-state index is 11.7. The van der Waals surface area contributed by atoms with Gasteiger partial charge in [0.25, 0.3) is 0 Å². The number of amidine groups is 1. The number of nitrogen functional groups attached to an aromatic ring is 1. The van der Waals surface area contributed by atoms with Crippen molar-refractivity contribution >= 4 is 28.7 Å². The highest BCUT2D eigenvalue weighted by Crippen LogP contribution is 2.27. The lowest BCUT2D eigenvalue weighted by molar-refractivity contribution is 0.0645. The Morgan fingerprint density at radius 2 is 1.76 bits per heavy atom. The summed E-state index contributed by atoms with van der Waals surface area (Å²) >= 11 is 0. The Morgan fingerprint density at radius 1 is 1.04 bits per heavy atom. The number of nitrogens with one attached hydrogen (secondary N) is 1. The number of hydrogen-bond acceptors (Lipinski definition) is 3. The molecule has 0 unspecified atom stereocenters. The summed E-state index contributed by atoms with van der Waals surface area (Å²) in [5.41, 5.74) is 6.74. The van der Waals surface area contributed by atoms with E-state index in [1.54, 1.807) is 48.5 Å². The largest absolute Gasteiger partial charge is 0.478 e. The van der Waals surface area contributed by atoms with Crippen molar-refractivity contribution in [3.8, 4) is 0 Å².